The van der Waals surface area contributed by atoms with Gasteiger partial charge in [-0.05, 0) is 45.2 Å². The summed E-state index contributed by atoms with van der Waals surface area (Å²) in [5.74, 6) is 0.835. The first-order valence-electron chi connectivity index (χ1n) is 6.39. The highest BCUT2D eigenvalue weighted by Gasteiger charge is 2.26. The molecule has 0 radical (unpaired) electrons. The molecule has 0 spiro atoms. The Kier molecular flexibility index (Phi) is 4.00. The van der Waals surface area contributed by atoms with E-state index in [2.05, 4.69) is 24.1 Å². The average Bonchev–Trinajstić information content (AvgIpc) is 2.64. The molecule has 3 unspecified atom stereocenters. The number of piperidine rings is 1. The molecule has 2 heterocycles. The van der Waals surface area contributed by atoms with E-state index in [1.807, 2.05) is 0 Å². The standard InChI is InChI=1S/C12H24N2O/c1-3-14-6-4-5-11(9-14)7-12-13-8-10(2)15-12/h10-13H,3-9H2,1-2H3. The number of nitrogens with one attached hydrogen (secondary N) is 1. The zero-order chi connectivity index (χ0) is 10.7. The number of hydrogen-bond acceptors (Lipinski definition) is 3. The fraction of sp³-hybridized carbons (Fsp3) is 1.00. The third-order valence-corrected chi connectivity index (χ3v) is 3.63. The Morgan fingerprint density at radius 1 is 1.47 bits per heavy atom. The lowest BCUT2D eigenvalue weighted by Gasteiger charge is -2.32. The van der Waals surface area contributed by atoms with Crippen LogP contribution in [0.5, 0.6) is 0 Å². The molecule has 3 atom stereocenters. The third-order valence-electron chi connectivity index (χ3n) is 3.63. The molecular formula is C12H24N2O. The summed E-state index contributed by atoms with van der Waals surface area (Å²) < 4.78 is 5.80. The van der Waals surface area contributed by atoms with Crippen LogP contribution in [0.1, 0.15) is 33.1 Å². The molecular weight excluding hydrogens is 188 g/mol. The van der Waals surface area contributed by atoms with Crippen molar-refractivity contribution in [2.75, 3.05) is 26.2 Å². The van der Waals surface area contributed by atoms with Crippen LogP contribution >= 0.6 is 0 Å². The van der Waals surface area contributed by atoms with Crippen molar-refractivity contribution in [2.45, 2.75) is 45.4 Å². The van der Waals surface area contributed by atoms with E-state index in [9.17, 15) is 0 Å². The van der Waals surface area contributed by atoms with Crippen LogP contribution in [-0.4, -0.2) is 43.4 Å². The molecule has 1 N–H and O–H groups in total. The van der Waals surface area contributed by atoms with Crippen molar-refractivity contribution in [1.29, 1.82) is 0 Å². The minimum Gasteiger partial charge on any atom is -0.359 e. The first-order valence-corrected chi connectivity index (χ1v) is 6.39. The number of nitrogens with zero attached hydrogens (tertiary/aromatic N) is 1. The third kappa shape index (κ3) is 3.16. The summed E-state index contributed by atoms with van der Waals surface area (Å²) in [5.41, 5.74) is 0. The highest BCUT2D eigenvalue weighted by molar-refractivity contribution is 4.78. The molecule has 0 aromatic heterocycles. The van der Waals surface area contributed by atoms with E-state index in [-0.39, 0.29) is 0 Å². The van der Waals surface area contributed by atoms with Gasteiger partial charge in [0.15, 0.2) is 0 Å². The maximum Gasteiger partial charge on any atom is 0.108 e. The number of rotatable bonds is 3. The maximum atomic E-state index is 5.80. The van der Waals surface area contributed by atoms with Gasteiger partial charge >= 0.3 is 0 Å². The van der Waals surface area contributed by atoms with Crippen molar-refractivity contribution >= 4 is 0 Å². The SMILES string of the molecule is CCN1CCCC(CC2NCC(C)O2)C1. The van der Waals surface area contributed by atoms with Crippen LogP contribution in [0.25, 0.3) is 0 Å². The summed E-state index contributed by atoms with van der Waals surface area (Å²) in [6.07, 6.45) is 4.66. The van der Waals surface area contributed by atoms with E-state index in [0.717, 1.165) is 12.5 Å². The monoisotopic (exact) mass is 212 g/mol. The number of likely N-dealkylation sites (tertiary alicyclic amines) is 1. The largest absolute Gasteiger partial charge is 0.359 e. The summed E-state index contributed by atoms with van der Waals surface area (Å²) in [5, 5.41) is 3.45. The Labute approximate surface area is 93.2 Å². The summed E-state index contributed by atoms with van der Waals surface area (Å²) in [6.45, 7) is 9.19. The summed E-state index contributed by atoms with van der Waals surface area (Å²) in [6, 6.07) is 0. The fourth-order valence-corrected chi connectivity index (χ4v) is 2.75. The smallest absolute Gasteiger partial charge is 0.108 e. The van der Waals surface area contributed by atoms with Gasteiger partial charge in [0.05, 0.1) is 6.10 Å². The van der Waals surface area contributed by atoms with Gasteiger partial charge in [-0.25, -0.2) is 0 Å². The molecule has 2 saturated heterocycles. The van der Waals surface area contributed by atoms with Gasteiger partial charge in [0.2, 0.25) is 0 Å². The molecule has 0 bridgehead atoms. The highest BCUT2D eigenvalue weighted by atomic mass is 16.5. The number of hydrogen-bond donors (Lipinski definition) is 1. The van der Waals surface area contributed by atoms with Crippen LogP contribution in [0.15, 0.2) is 0 Å². The molecule has 2 rings (SSSR count). The van der Waals surface area contributed by atoms with Crippen LogP contribution < -0.4 is 5.32 Å². The van der Waals surface area contributed by atoms with Crippen molar-refractivity contribution in [3.05, 3.63) is 0 Å². The lowest BCUT2D eigenvalue weighted by atomic mass is 9.94. The van der Waals surface area contributed by atoms with Crippen LogP contribution in [0, 0.1) is 5.92 Å². The van der Waals surface area contributed by atoms with Crippen LogP contribution in [0.3, 0.4) is 0 Å². The van der Waals surface area contributed by atoms with Crippen molar-refractivity contribution < 1.29 is 4.74 Å². The Bertz CT molecular complexity index is 198. The van der Waals surface area contributed by atoms with Gasteiger partial charge in [-0.1, -0.05) is 6.92 Å². The predicted molar refractivity (Wildman–Crippen MR) is 61.8 cm³/mol. The zero-order valence-electron chi connectivity index (χ0n) is 10.0. The Morgan fingerprint density at radius 2 is 2.33 bits per heavy atom. The molecule has 88 valence electrons. The minimum absolute atomic E-state index is 0.321. The van der Waals surface area contributed by atoms with Gasteiger partial charge in [0.25, 0.3) is 0 Å². The molecule has 3 heteroatoms. The Hall–Kier alpha value is -0.120. The fourth-order valence-electron chi connectivity index (χ4n) is 2.75. The van der Waals surface area contributed by atoms with E-state index in [4.69, 9.17) is 4.74 Å². The summed E-state index contributed by atoms with van der Waals surface area (Å²) in [7, 11) is 0. The summed E-state index contributed by atoms with van der Waals surface area (Å²) in [4.78, 5) is 2.56. The van der Waals surface area contributed by atoms with Crippen molar-refractivity contribution in [3.63, 3.8) is 0 Å². The topological polar surface area (TPSA) is 24.5 Å². The second-order valence-electron chi connectivity index (χ2n) is 4.98. The van der Waals surface area contributed by atoms with Crippen molar-refractivity contribution in [2.24, 2.45) is 5.92 Å². The van der Waals surface area contributed by atoms with Crippen molar-refractivity contribution in [1.82, 2.24) is 10.2 Å². The molecule has 3 nitrogen and oxygen atoms in total. The lowest BCUT2D eigenvalue weighted by molar-refractivity contribution is 0.0253. The molecule has 2 aliphatic rings. The van der Waals surface area contributed by atoms with Gasteiger partial charge in [-0.3, -0.25) is 5.32 Å². The molecule has 0 aliphatic carbocycles. The molecule has 0 saturated carbocycles. The first-order chi connectivity index (χ1) is 7.28. The van der Waals surface area contributed by atoms with Gasteiger partial charge in [0.1, 0.15) is 6.23 Å². The second-order valence-corrected chi connectivity index (χ2v) is 4.98. The van der Waals surface area contributed by atoms with E-state index >= 15 is 0 Å². The molecule has 2 fully saturated rings. The van der Waals surface area contributed by atoms with E-state index < -0.39 is 0 Å². The Balaban J connectivity index is 1.74. The van der Waals surface area contributed by atoms with Gasteiger partial charge < -0.3 is 9.64 Å². The van der Waals surface area contributed by atoms with Crippen molar-refractivity contribution in [3.8, 4) is 0 Å². The Morgan fingerprint density at radius 3 is 3.00 bits per heavy atom. The quantitative estimate of drug-likeness (QED) is 0.766. The molecule has 2 aliphatic heterocycles. The summed E-state index contributed by atoms with van der Waals surface area (Å²) >= 11 is 0. The lowest BCUT2D eigenvalue weighted by Crippen LogP contribution is -2.38. The average molecular weight is 212 g/mol. The molecule has 0 aromatic rings. The predicted octanol–water partition coefficient (Wildman–Crippen LogP) is 1.44. The highest BCUT2D eigenvalue weighted by Crippen LogP contribution is 2.22. The van der Waals surface area contributed by atoms with Crippen LogP contribution in [0.2, 0.25) is 0 Å². The van der Waals surface area contributed by atoms with E-state index in [1.165, 1.54) is 38.9 Å². The molecule has 0 amide bonds. The second kappa shape index (κ2) is 5.28. The van der Waals surface area contributed by atoms with E-state index in [1.54, 1.807) is 0 Å². The zero-order valence-corrected chi connectivity index (χ0v) is 10.0. The maximum absolute atomic E-state index is 5.80. The van der Waals surface area contributed by atoms with Crippen LogP contribution in [0.4, 0.5) is 0 Å². The number of ether oxygens (including phenoxy) is 1. The first kappa shape index (κ1) is 11.4. The van der Waals surface area contributed by atoms with E-state index in [0.29, 0.717) is 12.3 Å². The van der Waals surface area contributed by atoms with Crippen LogP contribution in [-0.2, 0) is 4.74 Å². The molecule has 0 aromatic carbocycles. The molecule has 15 heavy (non-hydrogen) atoms. The van der Waals surface area contributed by atoms with Gasteiger partial charge in [-0.2, -0.15) is 0 Å². The minimum atomic E-state index is 0.321. The van der Waals surface area contributed by atoms with Gasteiger partial charge in [0, 0.05) is 13.1 Å². The normalized spacial score (nSPS) is 38.4. The van der Waals surface area contributed by atoms with Gasteiger partial charge in [-0.15, -0.1) is 0 Å².